The van der Waals surface area contributed by atoms with Crippen LogP contribution in [-0.4, -0.2) is 42.6 Å². The molecule has 1 saturated carbocycles. The first kappa shape index (κ1) is 11.9. The lowest BCUT2D eigenvalue weighted by molar-refractivity contribution is -0.142. The van der Waals surface area contributed by atoms with Crippen LogP contribution in [0.2, 0.25) is 0 Å². The predicted molar refractivity (Wildman–Crippen MR) is 62.0 cm³/mol. The minimum absolute atomic E-state index is 0.165. The van der Waals surface area contributed by atoms with Gasteiger partial charge in [-0.15, -0.1) is 0 Å². The van der Waals surface area contributed by atoms with Crippen LogP contribution in [0.15, 0.2) is 0 Å². The molecule has 1 saturated heterocycles. The first-order chi connectivity index (χ1) is 7.68. The summed E-state index contributed by atoms with van der Waals surface area (Å²) in [5, 5.41) is 0. The average Bonchev–Trinajstić information content (AvgIpc) is 2.81. The van der Waals surface area contributed by atoms with Crippen molar-refractivity contribution < 1.29 is 9.53 Å². The molecule has 0 aromatic rings. The summed E-state index contributed by atoms with van der Waals surface area (Å²) in [5.74, 6) is 0.165. The predicted octanol–water partition coefficient (Wildman–Crippen LogP) is 0.894. The molecule has 1 amide bonds. The number of rotatable bonds is 2. The summed E-state index contributed by atoms with van der Waals surface area (Å²) in [6.45, 7) is 0.736. The van der Waals surface area contributed by atoms with Gasteiger partial charge < -0.3 is 15.4 Å². The lowest BCUT2D eigenvalue weighted by Gasteiger charge is -2.34. The normalized spacial score (nSPS) is 35.0. The molecule has 2 fully saturated rings. The van der Waals surface area contributed by atoms with E-state index in [2.05, 4.69) is 0 Å². The third-order valence-corrected chi connectivity index (χ3v) is 3.84. The average molecular weight is 226 g/mol. The van der Waals surface area contributed by atoms with Crippen molar-refractivity contribution >= 4 is 5.91 Å². The van der Waals surface area contributed by atoms with Gasteiger partial charge in [-0.25, -0.2) is 0 Å². The third kappa shape index (κ3) is 2.55. The van der Waals surface area contributed by atoms with Crippen LogP contribution in [0.4, 0.5) is 0 Å². The Balaban J connectivity index is 1.86. The zero-order valence-corrected chi connectivity index (χ0v) is 10.0. The SMILES string of the molecule is CN(C(=O)[C@@H]1CCCO1)C1CCC(N)CC1. The maximum absolute atomic E-state index is 12.1. The Kier molecular flexibility index (Phi) is 3.82. The van der Waals surface area contributed by atoms with E-state index in [0.29, 0.717) is 12.1 Å². The van der Waals surface area contributed by atoms with Gasteiger partial charge in [0.1, 0.15) is 6.10 Å². The summed E-state index contributed by atoms with van der Waals surface area (Å²) in [7, 11) is 1.91. The van der Waals surface area contributed by atoms with Gasteiger partial charge in [0, 0.05) is 25.7 Å². The molecule has 0 aromatic heterocycles. The molecular weight excluding hydrogens is 204 g/mol. The molecular formula is C12H22N2O2. The van der Waals surface area contributed by atoms with E-state index in [1.54, 1.807) is 0 Å². The smallest absolute Gasteiger partial charge is 0.251 e. The van der Waals surface area contributed by atoms with Crippen molar-refractivity contribution in [2.75, 3.05) is 13.7 Å². The number of nitrogens with two attached hydrogens (primary N) is 1. The first-order valence-electron chi connectivity index (χ1n) is 6.32. The third-order valence-electron chi connectivity index (χ3n) is 3.84. The monoisotopic (exact) mass is 226 g/mol. The van der Waals surface area contributed by atoms with Gasteiger partial charge >= 0.3 is 0 Å². The molecule has 1 heterocycles. The zero-order valence-electron chi connectivity index (χ0n) is 10.0. The molecule has 1 aliphatic heterocycles. The Hall–Kier alpha value is -0.610. The van der Waals surface area contributed by atoms with Gasteiger partial charge in [0.05, 0.1) is 0 Å². The molecule has 2 N–H and O–H groups in total. The fourth-order valence-corrected chi connectivity index (χ4v) is 2.67. The van der Waals surface area contributed by atoms with Gasteiger partial charge in [-0.05, 0) is 38.5 Å². The fraction of sp³-hybridized carbons (Fsp3) is 0.917. The molecule has 0 radical (unpaired) electrons. The Morgan fingerprint density at radius 3 is 2.50 bits per heavy atom. The molecule has 16 heavy (non-hydrogen) atoms. The largest absolute Gasteiger partial charge is 0.368 e. The van der Waals surface area contributed by atoms with Crippen molar-refractivity contribution in [3.63, 3.8) is 0 Å². The van der Waals surface area contributed by atoms with Crippen molar-refractivity contribution in [2.24, 2.45) is 5.73 Å². The number of amides is 1. The number of likely N-dealkylation sites (N-methyl/N-ethyl adjacent to an activating group) is 1. The van der Waals surface area contributed by atoms with Crippen LogP contribution in [0.3, 0.4) is 0 Å². The summed E-state index contributed by atoms with van der Waals surface area (Å²) in [4.78, 5) is 14.0. The standard InChI is InChI=1S/C12H22N2O2/c1-14(10-6-4-9(13)5-7-10)12(15)11-3-2-8-16-11/h9-11H,2-8,13H2,1H3/t9?,10?,11-/m0/s1. The quantitative estimate of drug-likeness (QED) is 0.761. The Bertz CT molecular complexity index is 243. The van der Waals surface area contributed by atoms with Crippen molar-refractivity contribution in [3.8, 4) is 0 Å². The van der Waals surface area contributed by atoms with Crippen LogP contribution in [0.1, 0.15) is 38.5 Å². The molecule has 0 bridgehead atoms. The minimum atomic E-state index is -0.180. The van der Waals surface area contributed by atoms with Gasteiger partial charge in [-0.3, -0.25) is 4.79 Å². The first-order valence-corrected chi connectivity index (χ1v) is 6.32. The lowest BCUT2D eigenvalue weighted by Crippen LogP contribution is -2.45. The van der Waals surface area contributed by atoms with E-state index < -0.39 is 0 Å². The van der Waals surface area contributed by atoms with Gasteiger partial charge in [0.15, 0.2) is 0 Å². The Morgan fingerprint density at radius 1 is 1.25 bits per heavy atom. The fourth-order valence-electron chi connectivity index (χ4n) is 2.67. The summed E-state index contributed by atoms with van der Waals surface area (Å²) in [5.41, 5.74) is 5.87. The van der Waals surface area contributed by atoms with Crippen LogP contribution in [0.5, 0.6) is 0 Å². The lowest BCUT2D eigenvalue weighted by atomic mass is 9.91. The van der Waals surface area contributed by atoms with E-state index in [4.69, 9.17) is 10.5 Å². The topological polar surface area (TPSA) is 55.6 Å². The molecule has 0 aromatic carbocycles. The van der Waals surface area contributed by atoms with Crippen LogP contribution < -0.4 is 5.73 Å². The Morgan fingerprint density at radius 2 is 1.94 bits per heavy atom. The molecule has 1 atom stereocenters. The van der Waals surface area contributed by atoms with E-state index in [-0.39, 0.29) is 12.0 Å². The summed E-state index contributed by atoms with van der Waals surface area (Å²) in [6.07, 6.45) is 5.86. The van der Waals surface area contributed by atoms with E-state index in [0.717, 1.165) is 45.1 Å². The van der Waals surface area contributed by atoms with Gasteiger partial charge in [-0.1, -0.05) is 0 Å². The summed E-state index contributed by atoms with van der Waals surface area (Å²) < 4.78 is 5.43. The van der Waals surface area contributed by atoms with Gasteiger partial charge in [-0.2, -0.15) is 0 Å². The zero-order chi connectivity index (χ0) is 11.5. The second-order valence-electron chi connectivity index (χ2n) is 5.02. The maximum Gasteiger partial charge on any atom is 0.251 e. The van der Waals surface area contributed by atoms with Crippen molar-refractivity contribution in [1.29, 1.82) is 0 Å². The van der Waals surface area contributed by atoms with Crippen molar-refractivity contribution in [2.45, 2.75) is 56.7 Å². The van der Waals surface area contributed by atoms with Crippen LogP contribution in [0.25, 0.3) is 0 Å². The number of carbonyl (C=O) groups is 1. The van der Waals surface area contributed by atoms with Crippen LogP contribution in [-0.2, 0) is 9.53 Å². The number of nitrogens with zero attached hydrogens (tertiary/aromatic N) is 1. The molecule has 2 aliphatic rings. The number of carbonyl (C=O) groups excluding carboxylic acids is 1. The minimum Gasteiger partial charge on any atom is -0.368 e. The van der Waals surface area contributed by atoms with Gasteiger partial charge in [0.25, 0.3) is 5.91 Å². The number of ether oxygens (including phenoxy) is 1. The highest BCUT2D eigenvalue weighted by atomic mass is 16.5. The van der Waals surface area contributed by atoms with Crippen LogP contribution >= 0.6 is 0 Å². The molecule has 0 spiro atoms. The van der Waals surface area contributed by atoms with Crippen molar-refractivity contribution in [3.05, 3.63) is 0 Å². The summed E-state index contributed by atoms with van der Waals surface area (Å²) in [6, 6.07) is 0.707. The molecule has 0 unspecified atom stereocenters. The summed E-state index contributed by atoms with van der Waals surface area (Å²) >= 11 is 0. The molecule has 4 nitrogen and oxygen atoms in total. The maximum atomic E-state index is 12.1. The number of hydrogen-bond acceptors (Lipinski definition) is 3. The highest BCUT2D eigenvalue weighted by Crippen LogP contribution is 2.23. The molecule has 4 heteroatoms. The molecule has 92 valence electrons. The number of hydrogen-bond donors (Lipinski definition) is 1. The highest BCUT2D eigenvalue weighted by molar-refractivity contribution is 5.81. The van der Waals surface area contributed by atoms with E-state index in [1.165, 1.54) is 0 Å². The van der Waals surface area contributed by atoms with Gasteiger partial charge in [0.2, 0.25) is 0 Å². The molecule has 1 aliphatic carbocycles. The molecule has 2 rings (SSSR count). The second-order valence-corrected chi connectivity index (χ2v) is 5.02. The van der Waals surface area contributed by atoms with E-state index in [9.17, 15) is 4.79 Å². The van der Waals surface area contributed by atoms with Crippen LogP contribution in [0, 0.1) is 0 Å². The Labute approximate surface area is 97.1 Å². The van der Waals surface area contributed by atoms with E-state index >= 15 is 0 Å². The second kappa shape index (κ2) is 5.15. The van der Waals surface area contributed by atoms with E-state index in [1.807, 2.05) is 11.9 Å². The highest BCUT2D eigenvalue weighted by Gasteiger charge is 2.31. The van der Waals surface area contributed by atoms with Crippen molar-refractivity contribution in [1.82, 2.24) is 4.90 Å².